The number of hydrogen-bond donors (Lipinski definition) is 0. The van der Waals surface area contributed by atoms with Crippen LogP contribution in [0.3, 0.4) is 0 Å². The Kier molecular flexibility index (Phi) is 6.65. The predicted octanol–water partition coefficient (Wildman–Crippen LogP) is -2.72. The summed E-state index contributed by atoms with van der Waals surface area (Å²) in [6.07, 6.45) is 0. The first-order chi connectivity index (χ1) is 2.64. The van der Waals surface area contributed by atoms with E-state index in [4.69, 9.17) is 0 Å². The SMILES string of the molecule is CC(=O)C(C)=O.[H-].[Na+]. The van der Waals surface area contributed by atoms with Crippen molar-refractivity contribution >= 4 is 11.6 Å². The maximum absolute atomic E-state index is 9.79. The van der Waals surface area contributed by atoms with E-state index in [1.165, 1.54) is 13.8 Å². The molecule has 0 spiro atoms. The van der Waals surface area contributed by atoms with E-state index in [-0.39, 0.29) is 42.6 Å². The van der Waals surface area contributed by atoms with E-state index in [1.54, 1.807) is 0 Å². The van der Waals surface area contributed by atoms with Crippen LogP contribution >= 0.6 is 0 Å². The van der Waals surface area contributed by atoms with Crippen LogP contribution in [0.2, 0.25) is 0 Å². The molecular formula is C4H7NaO2. The number of hydrogen-bond acceptors (Lipinski definition) is 2. The second kappa shape index (κ2) is 4.50. The van der Waals surface area contributed by atoms with E-state index in [0.717, 1.165) is 0 Å². The van der Waals surface area contributed by atoms with Gasteiger partial charge in [0.2, 0.25) is 0 Å². The molecule has 0 aliphatic carbocycles. The average molecular weight is 110 g/mol. The average Bonchev–Trinajstić information content (AvgIpc) is 1.36. The molecule has 0 aliphatic heterocycles. The topological polar surface area (TPSA) is 34.1 Å². The van der Waals surface area contributed by atoms with Crippen molar-refractivity contribution in [3.05, 3.63) is 0 Å². The molecule has 0 aliphatic rings. The van der Waals surface area contributed by atoms with Gasteiger partial charge in [-0.05, 0) is 0 Å². The van der Waals surface area contributed by atoms with E-state index >= 15 is 0 Å². The minimum absolute atomic E-state index is 0. The molecule has 0 amide bonds. The molecule has 0 saturated carbocycles. The van der Waals surface area contributed by atoms with Crippen LogP contribution in [0.5, 0.6) is 0 Å². The summed E-state index contributed by atoms with van der Waals surface area (Å²) in [4.78, 5) is 19.6. The van der Waals surface area contributed by atoms with Crippen LogP contribution < -0.4 is 29.6 Å². The maximum Gasteiger partial charge on any atom is 1.00 e. The van der Waals surface area contributed by atoms with Gasteiger partial charge in [-0.3, -0.25) is 9.59 Å². The first-order valence-electron chi connectivity index (χ1n) is 1.66. The van der Waals surface area contributed by atoms with Crippen molar-refractivity contribution in [2.24, 2.45) is 0 Å². The van der Waals surface area contributed by atoms with Crippen LogP contribution in [-0.4, -0.2) is 11.6 Å². The minimum atomic E-state index is -0.380. The fourth-order valence-corrected chi connectivity index (χ4v) is 0. The van der Waals surface area contributed by atoms with Gasteiger partial charge >= 0.3 is 29.6 Å². The Morgan fingerprint density at radius 2 is 1.29 bits per heavy atom. The van der Waals surface area contributed by atoms with Gasteiger partial charge in [0.05, 0.1) is 0 Å². The van der Waals surface area contributed by atoms with Gasteiger partial charge in [-0.2, -0.15) is 0 Å². The summed E-state index contributed by atoms with van der Waals surface area (Å²) in [5, 5.41) is 0. The molecule has 0 rings (SSSR count). The van der Waals surface area contributed by atoms with E-state index in [0.29, 0.717) is 0 Å². The van der Waals surface area contributed by atoms with Crippen molar-refractivity contribution in [3.8, 4) is 0 Å². The molecule has 0 saturated heterocycles. The number of carbonyl (C=O) groups is 2. The van der Waals surface area contributed by atoms with Gasteiger partial charge in [0.1, 0.15) is 0 Å². The summed E-state index contributed by atoms with van der Waals surface area (Å²) >= 11 is 0. The van der Waals surface area contributed by atoms with Crippen LogP contribution in [0.4, 0.5) is 0 Å². The molecule has 7 heavy (non-hydrogen) atoms. The fourth-order valence-electron chi connectivity index (χ4n) is 0. The number of ketones is 2. The molecular weight excluding hydrogens is 103 g/mol. The summed E-state index contributed by atoms with van der Waals surface area (Å²) < 4.78 is 0. The molecule has 0 bridgehead atoms. The van der Waals surface area contributed by atoms with Gasteiger partial charge in [-0.15, -0.1) is 0 Å². The monoisotopic (exact) mass is 110 g/mol. The summed E-state index contributed by atoms with van der Waals surface area (Å²) in [5.41, 5.74) is 0. The maximum atomic E-state index is 9.79. The van der Waals surface area contributed by atoms with E-state index in [9.17, 15) is 9.59 Å². The second-order valence-corrected chi connectivity index (χ2v) is 1.11. The van der Waals surface area contributed by atoms with E-state index < -0.39 is 0 Å². The molecule has 0 heterocycles. The third-order valence-corrected chi connectivity index (χ3v) is 0.496. The summed E-state index contributed by atoms with van der Waals surface area (Å²) in [6, 6.07) is 0. The van der Waals surface area contributed by atoms with Crippen molar-refractivity contribution in [2.45, 2.75) is 13.8 Å². The molecule has 0 fully saturated rings. The molecule has 3 heteroatoms. The molecule has 2 nitrogen and oxygen atoms in total. The quantitative estimate of drug-likeness (QED) is 0.271. The summed E-state index contributed by atoms with van der Waals surface area (Å²) in [6.45, 7) is 2.50. The molecule has 0 aromatic heterocycles. The molecule has 0 unspecified atom stereocenters. The predicted molar refractivity (Wildman–Crippen MR) is 22.5 cm³/mol. The Morgan fingerprint density at radius 1 is 1.14 bits per heavy atom. The Hall–Kier alpha value is 0.340. The summed E-state index contributed by atoms with van der Waals surface area (Å²) in [7, 11) is 0. The van der Waals surface area contributed by atoms with Crippen molar-refractivity contribution in [3.63, 3.8) is 0 Å². The minimum Gasteiger partial charge on any atom is -1.00 e. The molecule has 36 valence electrons. The van der Waals surface area contributed by atoms with Gasteiger partial charge in [-0.1, -0.05) is 0 Å². The zero-order chi connectivity index (χ0) is 5.15. The van der Waals surface area contributed by atoms with Crippen LogP contribution in [0.15, 0.2) is 0 Å². The Labute approximate surface area is 66.1 Å². The smallest absolute Gasteiger partial charge is 1.00 e. The Morgan fingerprint density at radius 3 is 1.29 bits per heavy atom. The Bertz CT molecular complexity index is 80.0. The fraction of sp³-hybridized carbons (Fsp3) is 0.500. The van der Waals surface area contributed by atoms with Gasteiger partial charge in [0.15, 0.2) is 11.6 Å². The van der Waals surface area contributed by atoms with Crippen LogP contribution in [0, 0.1) is 0 Å². The van der Waals surface area contributed by atoms with Crippen LogP contribution in [-0.2, 0) is 9.59 Å². The molecule has 0 atom stereocenters. The zero-order valence-corrected chi connectivity index (χ0v) is 6.82. The standard InChI is InChI=1S/C4H6O2.Na.H/c1-3(5)4(2)6;;/h1-2H3;;/q;+1;-1. The molecule has 0 radical (unpaired) electrons. The first kappa shape index (κ1) is 10.3. The largest absolute Gasteiger partial charge is 1.00 e. The van der Waals surface area contributed by atoms with Gasteiger partial charge in [0, 0.05) is 13.8 Å². The van der Waals surface area contributed by atoms with Crippen molar-refractivity contribution in [1.29, 1.82) is 0 Å². The molecule has 0 aromatic carbocycles. The molecule has 0 aromatic rings. The van der Waals surface area contributed by atoms with Crippen molar-refractivity contribution in [1.82, 2.24) is 0 Å². The normalized spacial score (nSPS) is 6.57. The van der Waals surface area contributed by atoms with Gasteiger partial charge < -0.3 is 1.43 Å². The van der Waals surface area contributed by atoms with Gasteiger partial charge in [0.25, 0.3) is 0 Å². The number of carbonyl (C=O) groups excluding carboxylic acids is 2. The first-order valence-corrected chi connectivity index (χ1v) is 1.66. The zero-order valence-electron chi connectivity index (χ0n) is 5.82. The van der Waals surface area contributed by atoms with Crippen LogP contribution in [0.1, 0.15) is 15.3 Å². The van der Waals surface area contributed by atoms with Crippen molar-refractivity contribution in [2.75, 3.05) is 0 Å². The summed E-state index contributed by atoms with van der Waals surface area (Å²) in [5.74, 6) is -0.759. The van der Waals surface area contributed by atoms with E-state index in [1.807, 2.05) is 0 Å². The van der Waals surface area contributed by atoms with E-state index in [2.05, 4.69) is 0 Å². The van der Waals surface area contributed by atoms with Crippen LogP contribution in [0.25, 0.3) is 0 Å². The third kappa shape index (κ3) is 6.34. The Balaban J connectivity index is -0.000000125. The molecule has 0 N–H and O–H groups in total. The third-order valence-electron chi connectivity index (χ3n) is 0.496. The number of rotatable bonds is 1. The number of Topliss-reactive ketones (excluding diaryl/α,β-unsaturated/α-hetero) is 2. The second-order valence-electron chi connectivity index (χ2n) is 1.11. The van der Waals surface area contributed by atoms with Gasteiger partial charge in [-0.25, -0.2) is 0 Å². The van der Waals surface area contributed by atoms with Crippen molar-refractivity contribution < 1.29 is 40.6 Å².